The Kier molecular flexibility index (Phi) is 5.75. The Morgan fingerprint density at radius 3 is 2.63 bits per heavy atom. The number of nitrogens with zero attached hydrogens (tertiary/aromatic N) is 1. The second-order valence-corrected chi connectivity index (χ2v) is 7.30. The van der Waals surface area contributed by atoms with Crippen LogP contribution in [0.1, 0.15) is 31.2 Å². The maximum Gasteiger partial charge on any atom is 0.223 e. The highest BCUT2D eigenvalue weighted by molar-refractivity contribution is 5.81. The van der Waals surface area contributed by atoms with Gasteiger partial charge in [-0.25, -0.2) is 4.39 Å². The number of methoxy groups -OCH3 is 1. The second kappa shape index (κ2) is 8.05. The number of nitrogens with one attached hydrogen (secondary N) is 1. The Morgan fingerprint density at radius 2 is 2.04 bits per heavy atom. The van der Waals surface area contributed by atoms with E-state index < -0.39 is 5.41 Å². The zero-order valence-corrected chi connectivity index (χ0v) is 15.8. The van der Waals surface area contributed by atoms with Crippen molar-refractivity contribution < 1.29 is 13.9 Å². The third-order valence-electron chi connectivity index (χ3n) is 5.72. The Morgan fingerprint density at radius 1 is 1.30 bits per heavy atom. The van der Waals surface area contributed by atoms with Crippen LogP contribution in [0.2, 0.25) is 0 Å². The summed E-state index contributed by atoms with van der Waals surface area (Å²) >= 11 is 0. The summed E-state index contributed by atoms with van der Waals surface area (Å²) < 4.78 is 19.1. The van der Waals surface area contributed by atoms with Crippen LogP contribution in [-0.2, 0) is 11.2 Å². The van der Waals surface area contributed by atoms with E-state index in [4.69, 9.17) is 10.5 Å². The molecule has 0 unspecified atom stereocenters. The Hall–Kier alpha value is -2.47. The number of benzene rings is 1. The van der Waals surface area contributed by atoms with E-state index >= 15 is 0 Å². The first-order valence-electron chi connectivity index (χ1n) is 9.22. The normalized spacial score (nSPS) is 22.4. The molecule has 0 radical (unpaired) electrons. The summed E-state index contributed by atoms with van der Waals surface area (Å²) in [4.78, 5) is 16.3. The minimum atomic E-state index is -0.584. The van der Waals surface area contributed by atoms with E-state index in [0.29, 0.717) is 23.8 Å². The molecule has 1 aromatic carbocycles. The fourth-order valence-corrected chi connectivity index (χ4v) is 4.00. The Labute approximate surface area is 159 Å². The Bertz CT molecular complexity index is 817. The fourth-order valence-electron chi connectivity index (χ4n) is 4.00. The number of carbonyl (C=O) groups excluding carboxylic acids is 1. The molecule has 1 aliphatic carbocycles. The van der Waals surface area contributed by atoms with E-state index in [-0.39, 0.29) is 11.7 Å². The average molecular weight is 371 g/mol. The van der Waals surface area contributed by atoms with Gasteiger partial charge in [-0.05, 0) is 68.5 Å². The lowest BCUT2D eigenvalue weighted by atomic mass is 9.68. The molecule has 5 nitrogen and oxygen atoms in total. The number of amides is 1. The molecule has 1 fully saturated rings. The van der Waals surface area contributed by atoms with E-state index in [1.54, 1.807) is 13.3 Å². The summed E-state index contributed by atoms with van der Waals surface area (Å²) in [6, 6.07) is 7.53. The Balaban J connectivity index is 1.94. The van der Waals surface area contributed by atoms with E-state index in [1.807, 2.05) is 25.2 Å². The van der Waals surface area contributed by atoms with Gasteiger partial charge in [0.05, 0.1) is 18.7 Å². The van der Waals surface area contributed by atoms with Gasteiger partial charge in [-0.3, -0.25) is 9.78 Å². The summed E-state index contributed by atoms with van der Waals surface area (Å²) in [5.41, 5.74) is 7.68. The third kappa shape index (κ3) is 4.11. The zero-order valence-electron chi connectivity index (χ0n) is 15.8. The predicted octanol–water partition coefficient (Wildman–Crippen LogP) is 3.07. The number of rotatable bonds is 6. The van der Waals surface area contributed by atoms with Crippen LogP contribution in [0, 0.1) is 11.2 Å². The molecule has 0 bridgehead atoms. The van der Waals surface area contributed by atoms with Crippen LogP contribution in [0.4, 0.5) is 4.39 Å². The summed E-state index contributed by atoms with van der Waals surface area (Å²) in [5, 5.41) is 3.28. The molecule has 2 aromatic rings. The SMILES string of the molecule is CNC1CCC(Cc2cc(-c3cncc(F)c3)ccc2OC)(C(N)=O)CC1. The molecule has 1 aliphatic rings. The number of carbonyl (C=O) groups is 1. The van der Waals surface area contributed by atoms with Crippen molar-refractivity contribution in [1.82, 2.24) is 10.3 Å². The van der Waals surface area contributed by atoms with Crippen molar-refractivity contribution in [2.75, 3.05) is 14.2 Å². The van der Waals surface area contributed by atoms with E-state index in [1.165, 1.54) is 12.3 Å². The maximum atomic E-state index is 13.6. The van der Waals surface area contributed by atoms with Crippen LogP contribution in [-0.4, -0.2) is 31.1 Å². The molecule has 144 valence electrons. The number of hydrogen-bond acceptors (Lipinski definition) is 4. The molecule has 0 saturated heterocycles. The van der Waals surface area contributed by atoms with E-state index in [2.05, 4.69) is 10.3 Å². The van der Waals surface area contributed by atoms with Gasteiger partial charge in [-0.1, -0.05) is 6.07 Å². The maximum absolute atomic E-state index is 13.6. The quantitative estimate of drug-likeness (QED) is 0.818. The van der Waals surface area contributed by atoms with Gasteiger partial charge >= 0.3 is 0 Å². The van der Waals surface area contributed by atoms with E-state index in [9.17, 15) is 9.18 Å². The summed E-state index contributed by atoms with van der Waals surface area (Å²) in [6.07, 6.45) is 6.61. The van der Waals surface area contributed by atoms with Crippen molar-refractivity contribution >= 4 is 5.91 Å². The first-order chi connectivity index (χ1) is 13.0. The molecule has 6 heteroatoms. The molecule has 1 aromatic heterocycles. The van der Waals surface area contributed by atoms with Crippen LogP contribution >= 0.6 is 0 Å². The molecule has 0 atom stereocenters. The molecule has 0 aliphatic heterocycles. The highest BCUT2D eigenvalue weighted by atomic mass is 19.1. The number of halogens is 1. The average Bonchev–Trinajstić information content (AvgIpc) is 2.68. The standard InChI is InChI=1S/C21H26FN3O2/c1-24-18-5-7-21(8-6-18,20(23)26)11-15-9-14(3-4-19(15)27-2)16-10-17(22)13-25-12-16/h3-4,9-10,12-13,18,24H,5-8,11H2,1-2H3,(H2,23,26). The number of ether oxygens (including phenoxy) is 1. The highest BCUT2D eigenvalue weighted by Gasteiger charge is 2.40. The molecule has 27 heavy (non-hydrogen) atoms. The number of hydrogen-bond donors (Lipinski definition) is 2. The third-order valence-corrected chi connectivity index (χ3v) is 5.72. The number of pyridine rings is 1. The number of nitrogens with two attached hydrogens (primary N) is 1. The lowest BCUT2D eigenvalue weighted by Crippen LogP contribution is -2.45. The molecule has 1 saturated carbocycles. The van der Waals surface area contributed by atoms with E-state index in [0.717, 1.165) is 36.8 Å². The molecular formula is C21H26FN3O2. The zero-order chi connectivity index (χ0) is 19.4. The fraction of sp³-hybridized carbons (Fsp3) is 0.429. The minimum absolute atomic E-state index is 0.267. The topological polar surface area (TPSA) is 77.2 Å². The van der Waals surface area contributed by atoms with Crippen molar-refractivity contribution in [2.45, 2.75) is 38.1 Å². The predicted molar refractivity (Wildman–Crippen MR) is 103 cm³/mol. The van der Waals surface area contributed by atoms with Gasteiger partial charge in [0.1, 0.15) is 11.6 Å². The molecule has 1 amide bonds. The summed E-state index contributed by atoms with van der Waals surface area (Å²) in [6.45, 7) is 0. The minimum Gasteiger partial charge on any atom is -0.496 e. The smallest absolute Gasteiger partial charge is 0.223 e. The van der Waals surface area contributed by atoms with Gasteiger partial charge < -0.3 is 15.8 Å². The molecule has 1 heterocycles. The van der Waals surface area contributed by atoms with Gasteiger partial charge in [-0.15, -0.1) is 0 Å². The summed E-state index contributed by atoms with van der Waals surface area (Å²) in [5.74, 6) is 0.0558. The van der Waals surface area contributed by atoms with Crippen LogP contribution in [0.5, 0.6) is 5.75 Å². The van der Waals surface area contributed by atoms with Crippen LogP contribution < -0.4 is 15.8 Å². The summed E-state index contributed by atoms with van der Waals surface area (Å²) in [7, 11) is 3.55. The van der Waals surface area contributed by atoms with Crippen molar-refractivity contribution in [3.63, 3.8) is 0 Å². The van der Waals surface area contributed by atoms with Gasteiger partial charge in [0, 0.05) is 17.8 Å². The largest absolute Gasteiger partial charge is 0.496 e. The van der Waals surface area contributed by atoms with Crippen molar-refractivity contribution in [3.05, 3.63) is 48.0 Å². The van der Waals surface area contributed by atoms with Crippen molar-refractivity contribution in [1.29, 1.82) is 0 Å². The van der Waals surface area contributed by atoms with Crippen LogP contribution in [0.25, 0.3) is 11.1 Å². The van der Waals surface area contributed by atoms with Crippen molar-refractivity contribution in [2.24, 2.45) is 11.1 Å². The van der Waals surface area contributed by atoms with Crippen LogP contribution in [0.3, 0.4) is 0 Å². The molecule has 3 N–H and O–H groups in total. The monoisotopic (exact) mass is 371 g/mol. The van der Waals surface area contributed by atoms with Gasteiger partial charge in [0.25, 0.3) is 0 Å². The van der Waals surface area contributed by atoms with Gasteiger partial charge in [0.15, 0.2) is 0 Å². The molecule has 0 spiro atoms. The molecule has 3 rings (SSSR count). The lowest BCUT2D eigenvalue weighted by Gasteiger charge is -2.38. The van der Waals surface area contributed by atoms with Crippen molar-refractivity contribution in [3.8, 4) is 16.9 Å². The second-order valence-electron chi connectivity index (χ2n) is 7.30. The first kappa shape index (κ1) is 19.3. The number of aromatic nitrogens is 1. The first-order valence-corrected chi connectivity index (χ1v) is 9.22. The highest BCUT2D eigenvalue weighted by Crippen LogP contribution is 2.41. The number of primary amides is 1. The van der Waals surface area contributed by atoms with Gasteiger partial charge in [-0.2, -0.15) is 0 Å². The molecular weight excluding hydrogens is 345 g/mol. The van der Waals surface area contributed by atoms with Crippen LogP contribution in [0.15, 0.2) is 36.7 Å². The lowest BCUT2D eigenvalue weighted by molar-refractivity contribution is -0.129. The van der Waals surface area contributed by atoms with Gasteiger partial charge in [0.2, 0.25) is 5.91 Å².